The zero-order valence-electron chi connectivity index (χ0n) is 17.2. The third-order valence-electron chi connectivity index (χ3n) is 5.18. The number of allylic oxidation sites excluding steroid dienone is 1. The lowest BCUT2D eigenvalue weighted by atomic mass is 10.1. The Kier molecular flexibility index (Phi) is 4.97. The zero-order chi connectivity index (χ0) is 22.8. The minimum absolute atomic E-state index is 0.00155. The molecule has 0 saturated carbocycles. The highest BCUT2D eigenvalue weighted by molar-refractivity contribution is 5.92. The Labute approximate surface area is 188 Å². The first-order chi connectivity index (χ1) is 16.1. The van der Waals surface area contributed by atoms with Crippen LogP contribution in [0.15, 0.2) is 85.1 Å². The van der Waals surface area contributed by atoms with Crippen LogP contribution in [0, 0.1) is 21.4 Å². The van der Waals surface area contributed by atoms with Crippen LogP contribution < -0.4 is 0 Å². The molecule has 2 aromatic heterocycles. The third-order valence-corrected chi connectivity index (χ3v) is 5.18. The fraction of sp³-hybridized carbons (Fsp3) is 0. The Morgan fingerprint density at radius 3 is 2.45 bits per heavy atom. The minimum atomic E-state index is -0.442. The molecule has 0 aliphatic rings. The number of H-pyrrole nitrogens is 1. The van der Waals surface area contributed by atoms with Crippen LogP contribution in [0.2, 0.25) is 0 Å². The van der Waals surface area contributed by atoms with Crippen LogP contribution in [0.25, 0.3) is 39.6 Å². The molecule has 33 heavy (non-hydrogen) atoms. The second kappa shape index (κ2) is 8.24. The Hall–Kier alpha value is -5.03. The minimum Gasteiger partial charge on any atom is -0.337 e. The highest BCUT2D eigenvalue weighted by Gasteiger charge is 2.15. The molecule has 0 radical (unpaired) electrons. The molecule has 0 aliphatic heterocycles. The molecule has 5 aromatic rings. The summed E-state index contributed by atoms with van der Waals surface area (Å²) in [4.78, 5) is 18.3. The van der Waals surface area contributed by atoms with E-state index in [1.165, 1.54) is 12.1 Å². The summed E-state index contributed by atoms with van der Waals surface area (Å²) in [5, 5.41) is 25.6. The zero-order valence-corrected chi connectivity index (χ0v) is 17.2. The fourth-order valence-corrected chi connectivity index (χ4v) is 3.56. The normalized spacial score (nSPS) is 11.4. The molecule has 8 heteroatoms. The van der Waals surface area contributed by atoms with Gasteiger partial charge in [-0.15, -0.1) is 0 Å². The Morgan fingerprint density at radius 1 is 1.03 bits per heavy atom. The number of nitrogens with zero attached hydrogens (tertiary/aromatic N) is 5. The highest BCUT2D eigenvalue weighted by Crippen LogP contribution is 2.29. The first-order valence-electron chi connectivity index (χ1n) is 10.1. The van der Waals surface area contributed by atoms with E-state index in [1.54, 1.807) is 22.9 Å². The number of benzene rings is 3. The van der Waals surface area contributed by atoms with Crippen LogP contribution in [0.5, 0.6) is 0 Å². The van der Waals surface area contributed by atoms with Gasteiger partial charge in [0.25, 0.3) is 5.69 Å². The van der Waals surface area contributed by atoms with Crippen LogP contribution in [0.1, 0.15) is 11.4 Å². The van der Waals surface area contributed by atoms with Crippen molar-refractivity contribution in [3.05, 3.63) is 107 Å². The van der Waals surface area contributed by atoms with Crippen LogP contribution in [0.4, 0.5) is 5.69 Å². The van der Waals surface area contributed by atoms with E-state index >= 15 is 0 Å². The van der Waals surface area contributed by atoms with Gasteiger partial charge in [0.05, 0.1) is 27.2 Å². The van der Waals surface area contributed by atoms with Crippen molar-refractivity contribution in [1.82, 2.24) is 19.7 Å². The van der Waals surface area contributed by atoms with Gasteiger partial charge in [-0.05, 0) is 42.5 Å². The van der Waals surface area contributed by atoms with E-state index in [1.807, 2.05) is 60.8 Å². The van der Waals surface area contributed by atoms with Gasteiger partial charge < -0.3 is 4.98 Å². The van der Waals surface area contributed by atoms with Crippen LogP contribution >= 0.6 is 0 Å². The van der Waals surface area contributed by atoms with Gasteiger partial charge >= 0.3 is 0 Å². The third kappa shape index (κ3) is 3.86. The van der Waals surface area contributed by atoms with E-state index in [4.69, 9.17) is 5.10 Å². The number of aromatic nitrogens is 4. The maximum Gasteiger partial charge on any atom is 0.269 e. The number of hydrogen-bond donors (Lipinski definition) is 1. The van der Waals surface area contributed by atoms with Gasteiger partial charge in [0.15, 0.2) is 0 Å². The molecule has 8 nitrogen and oxygen atoms in total. The molecule has 0 saturated heterocycles. The highest BCUT2D eigenvalue weighted by atomic mass is 16.6. The summed E-state index contributed by atoms with van der Waals surface area (Å²) in [6, 6.07) is 25.5. The second-order valence-electron chi connectivity index (χ2n) is 7.29. The van der Waals surface area contributed by atoms with Crippen molar-refractivity contribution in [2.45, 2.75) is 0 Å². The number of aromatic amines is 1. The van der Waals surface area contributed by atoms with E-state index in [0.29, 0.717) is 28.2 Å². The Bertz CT molecular complexity index is 1510. The van der Waals surface area contributed by atoms with Gasteiger partial charge in [0, 0.05) is 29.5 Å². The molecule has 158 valence electrons. The Balaban J connectivity index is 1.65. The van der Waals surface area contributed by atoms with Crippen molar-refractivity contribution in [2.75, 3.05) is 0 Å². The number of nitriles is 1. The number of imidazole rings is 1. The van der Waals surface area contributed by atoms with Crippen molar-refractivity contribution >= 4 is 28.4 Å². The van der Waals surface area contributed by atoms with E-state index < -0.39 is 4.92 Å². The van der Waals surface area contributed by atoms with E-state index in [9.17, 15) is 15.4 Å². The summed E-state index contributed by atoms with van der Waals surface area (Å²) in [5.41, 5.74) is 4.78. The van der Waals surface area contributed by atoms with Gasteiger partial charge in [-0.3, -0.25) is 10.1 Å². The quantitative estimate of drug-likeness (QED) is 0.227. The molecule has 2 heterocycles. The molecule has 0 unspecified atom stereocenters. The number of rotatable bonds is 5. The molecule has 3 aromatic carbocycles. The number of non-ortho nitro benzene ring substituents is 1. The topological polar surface area (TPSA) is 113 Å². The summed E-state index contributed by atoms with van der Waals surface area (Å²) in [6.45, 7) is 0. The summed E-state index contributed by atoms with van der Waals surface area (Å²) in [5.74, 6) is 0.459. The number of hydrogen-bond acceptors (Lipinski definition) is 5. The number of para-hydroxylation sites is 3. The molecule has 1 N–H and O–H groups in total. The lowest BCUT2D eigenvalue weighted by molar-refractivity contribution is -0.384. The van der Waals surface area contributed by atoms with Crippen LogP contribution in [0.3, 0.4) is 0 Å². The van der Waals surface area contributed by atoms with Crippen LogP contribution in [-0.4, -0.2) is 24.7 Å². The predicted octanol–water partition coefficient (Wildman–Crippen LogP) is 5.39. The monoisotopic (exact) mass is 432 g/mol. The largest absolute Gasteiger partial charge is 0.337 e. The van der Waals surface area contributed by atoms with Crippen molar-refractivity contribution in [3.8, 4) is 23.0 Å². The second-order valence-corrected chi connectivity index (χ2v) is 7.29. The molecule has 0 atom stereocenters. The van der Waals surface area contributed by atoms with E-state index in [0.717, 1.165) is 16.7 Å². The van der Waals surface area contributed by atoms with Gasteiger partial charge in [-0.25, -0.2) is 9.67 Å². The van der Waals surface area contributed by atoms with Gasteiger partial charge in [-0.1, -0.05) is 30.3 Å². The van der Waals surface area contributed by atoms with E-state index in [-0.39, 0.29) is 5.69 Å². The number of nitrogens with one attached hydrogen (secondary N) is 1. The molecule has 0 aliphatic carbocycles. The molecule has 0 bridgehead atoms. The first-order valence-corrected chi connectivity index (χ1v) is 10.1. The molecule has 0 spiro atoms. The maximum absolute atomic E-state index is 11.0. The molecule has 0 amide bonds. The first kappa shape index (κ1) is 19.9. The summed E-state index contributed by atoms with van der Waals surface area (Å²) >= 11 is 0. The smallest absolute Gasteiger partial charge is 0.269 e. The fourth-order valence-electron chi connectivity index (χ4n) is 3.56. The van der Waals surface area contributed by atoms with Gasteiger partial charge in [0.2, 0.25) is 0 Å². The molecular weight excluding hydrogens is 416 g/mol. The van der Waals surface area contributed by atoms with Crippen LogP contribution in [-0.2, 0) is 0 Å². The average Bonchev–Trinajstić information content (AvgIpc) is 3.47. The molecular formula is C25H16N6O2. The number of nitro benzene ring substituents is 1. The van der Waals surface area contributed by atoms with Crippen molar-refractivity contribution in [3.63, 3.8) is 0 Å². The van der Waals surface area contributed by atoms with Crippen molar-refractivity contribution in [1.29, 1.82) is 5.26 Å². The maximum atomic E-state index is 11.0. The number of nitro groups is 1. The van der Waals surface area contributed by atoms with Gasteiger partial charge in [0.1, 0.15) is 17.6 Å². The van der Waals surface area contributed by atoms with Crippen molar-refractivity contribution in [2.24, 2.45) is 0 Å². The molecule has 0 fully saturated rings. The van der Waals surface area contributed by atoms with E-state index in [2.05, 4.69) is 16.0 Å². The SMILES string of the molecule is N#C/C(=C\c1cn(-c2ccccc2)nc1-c1ccc([N+](=O)[O-])cc1)c1nc2ccccc2[nH]1. The standard InChI is InChI=1S/C25H16N6O2/c26-15-18(25-27-22-8-4-5-9-23(22)28-25)14-19-16-30(20-6-2-1-3-7-20)29-24(19)17-10-12-21(13-11-17)31(32)33/h1-14,16H,(H,27,28)/b18-14+. The lowest BCUT2D eigenvalue weighted by Crippen LogP contribution is -1.94. The summed E-state index contributed by atoms with van der Waals surface area (Å²) in [7, 11) is 0. The van der Waals surface area contributed by atoms with Crippen molar-refractivity contribution < 1.29 is 4.92 Å². The molecule has 5 rings (SSSR count). The average molecular weight is 432 g/mol. The summed E-state index contributed by atoms with van der Waals surface area (Å²) in [6.07, 6.45) is 3.55. The predicted molar refractivity (Wildman–Crippen MR) is 125 cm³/mol. The lowest BCUT2D eigenvalue weighted by Gasteiger charge is -2.01. The summed E-state index contributed by atoms with van der Waals surface area (Å²) < 4.78 is 1.72. The Morgan fingerprint density at radius 2 is 1.76 bits per heavy atom. The van der Waals surface area contributed by atoms with Gasteiger partial charge in [-0.2, -0.15) is 10.4 Å². The number of fused-ring (bicyclic) bond motifs is 1.